The summed E-state index contributed by atoms with van der Waals surface area (Å²) in [4.78, 5) is 3.73. The number of nitrogens with one attached hydrogen (secondary N) is 1. The Hall–Kier alpha value is -2.00. The monoisotopic (exact) mass is 381 g/mol. The average molecular weight is 382 g/mol. The summed E-state index contributed by atoms with van der Waals surface area (Å²) in [6.07, 6.45) is 3.05. The molecular weight excluding hydrogens is 354 g/mol. The lowest BCUT2D eigenvalue weighted by Gasteiger charge is -2.33. The van der Waals surface area contributed by atoms with Crippen molar-refractivity contribution < 1.29 is 4.74 Å². The van der Waals surface area contributed by atoms with E-state index < -0.39 is 0 Å². The van der Waals surface area contributed by atoms with Crippen LogP contribution in [-0.2, 0) is 6.42 Å². The summed E-state index contributed by atoms with van der Waals surface area (Å²) in [5.74, 6) is 0.926. The Balaban J connectivity index is 1.47. The predicted octanol–water partition coefficient (Wildman–Crippen LogP) is 3.48. The largest absolute Gasteiger partial charge is 0.492 e. The lowest BCUT2D eigenvalue weighted by atomic mass is 10.0. The highest BCUT2D eigenvalue weighted by atomic mass is 32.2. The van der Waals surface area contributed by atoms with Gasteiger partial charge in [0.1, 0.15) is 12.4 Å². The van der Waals surface area contributed by atoms with Crippen LogP contribution in [0.3, 0.4) is 0 Å². The van der Waals surface area contributed by atoms with E-state index in [-0.39, 0.29) is 0 Å². The Morgan fingerprint density at radius 3 is 2.81 bits per heavy atom. The average Bonchev–Trinajstić information content (AvgIpc) is 2.71. The number of nitrogens with zero attached hydrogens (tertiary/aromatic N) is 2. The van der Waals surface area contributed by atoms with Gasteiger partial charge in [0.05, 0.1) is 17.7 Å². The number of hydrogen-bond donors (Lipinski definition) is 1. The minimum atomic E-state index is 0.339. The Morgan fingerprint density at radius 2 is 2.07 bits per heavy atom. The van der Waals surface area contributed by atoms with E-state index in [2.05, 4.69) is 40.7 Å². The number of nitriles is 1. The number of ether oxygens (including phenoxy) is 1. The molecule has 0 radical (unpaired) electrons. The zero-order chi connectivity index (χ0) is 19.1. The normalized spacial score (nSPS) is 17.4. The van der Waals surface area contributed by atoms with Crippen molar-refractivity contribution in [3.8, 4) is 11.8 Å². The SMILES string of the molecule is CSc1ccc(OCC2CN(CCc3cc(C)cc(C#N)c3)CCN2)cc1. The highest BCUT2D eigenvalue weighted by Gasteiger charge is 2.19. The molecule has 2 aromatic carbocycles. The summed E-state index contributed by atoms with van der Waals surface area (Å²) in [6, 6.07) is 17.0. The van der Waals surface area contributed by atoms with Crippen LogP contribution in [0.4, 0.5) is 0 Å². The summed E-state index contributed by atoms with van der Waals surface area (Å²) in [6.45, 7) is 6.76. The molecule has 27 heavy (non-hydrogen) atoms. The van der Waals surface area contributed by atoms with Crippen molar-refractivity contribution in [3.05, 3.63) is 59.2 Å². The molecule has 2 aromatic rings. The predicted molar refractivity (Wildman–Crippen MR) is 112 cm³/mol. The Kier molecular flexibility index (Phi) is 7.17. The van der Waals surface area contributed by atoms with Crippen molar-refractivity contribution in [3.63, 3.8) is 0 Å². The standard InChI is InChI=1S/C22H27N3OS/c1-17-11-18(13-19(12-17)14-23)7-9-25-10-8-24-20(15-25)16-26-21-3-5-22(27-2)6-4-21/h3-6,11-13,20,24H,7-10,15-16H2,1-2H3. The number of hydrogen-bond acceptors (Lipinski definition) is 5. The molecule has 1 aliphatic heterocycles. The molecule has 0 bridgehead atoms. The molecule has 1 aliphatic rings. The second-order valence-corrected chi connectivity index (χ2v) is 7.89. The van der Waals surface area contributed by atoms with E-state index in [1.54, 1.807) is 11.8 Å². The van der Waals surface area contributed by atoms with Gasteiger partial charge < -0.3 is 15.0 Å². The van der Waals surface area contributed by atoms with Crippen molar-refractivity contribution in [2.75, 3.05) is 39.0 Å². The van der Waals surface area contributed by atoms with E-state index in [1.165, 1.54) is 10.5 Å². The van der Waals surface area contributed by atoms with Gasteiger partial charge in [-0.2, -0.15) is 5.26 Å². The molecule has 3 rings (SSSR count). The van der Waals surface area contributed by atoms with Gasteiger partial charge in [0.25, 0.3) is 0 Å². The van der Waals surface area contributed by atoms with E-state index in [9.17, 15) is 0 Å². The highest BCUT2D eigenvalue weighted by molar-refractivity contribution is 7.98. The molecule has 1 fully saturated rings. The fourth-order valence-electron chi connectivity index (χ4n) is 3.44. The zero-order valence-electron chi connectivity index (χ0n) is 16.1. The quantitative estimate of drug-likeness (QED) is 0.744. The van der Waals surface area contributed by atoms with Crippen LogP contribution in [0.15, 0.2) is 47.4 Å². The van der Waals surface area contributed by atoms with E-state index in [4.69, 9.17) is 10.00 Å². The van der Waals surface area contributed by atoms with Crippen molar-refractivity contribution >= 4 is 11.8 Å². The van der Waals surface area contributed by atoms with Gasteiger partial charge >= 0.3 is 0 Å². The van der Waals surface area contributed by atoms with Crippen molar-refractivity contribution in [2.24, 2.45) is 0 Å². The first kappa shape index (κ1) is 19.8. The lowest BCUT2D eigenvalue weighted by Crippen LogP contribution is -2.53. The summed E-state index contributed by atoms with van der Waals surface area (Å²) in [7, 11) is 0. The molecule has 0 amide bonds. The van der Waals surface area contributed by atoms with Crippen LogP contribution < -0.4 is 10.1 Å². The molecule has 1 atom stereocenters. The maximum atomic E-state index is 9.14. The van der Waals surface area contributed by atoms with E-state index >= 15 is 0 Å². The van der Waals surface area contributed by atoms with Crippen molar-refractivity contribution in [1.29, 1.82) is 5.26 Å². The molecule has 1 unspecified atom stereocenters. The number of benzene rings is 2. The van der Waals surface area contributed by atoms with Crippen LogP contribution in [0.25, 0.3) is 0 Å². The van der Waals surface area contributed by atoms with Gasteiger partial charge in [0.2, 0.25) is 0 Å². The fraction of sp³-hybridized carbons (Fsp3) is 0.409. The Labute approximate surface area is 166 Å². The van der Waals surface area contributed by atoms with Crippen molar-refractivity contribution in [2.45, 2.75) is 24.3 Å². The summed E-state index contributed by atoms with van der Waals surface area (Å²) in [5, 5.41) is 12.7. The minimum absolute atomic E-state index is 0.339. The van der Waals surface area contributed by atoms with Crippen LogP contribution in [0.2, 0.25) is 0 Å². The molecule has 0 aromatic heterocycles. The maximum Gasteiger partial charge on any atom is 0.119 e. The molecule has 1 heterocycles. The van der Waals surface area contributed by atoms with Gasteiger partial charge in [-0.3, -0.25) is 0 Å². The number of thioether (sulfide) groups is 1. The van der Waals surface area contributed by atoms with Gasteiger partial charge in [0, 0.05) is 31.1 Å². The van der Waals surface area contributed by atoms with Crippen LogP contribution >= 0.6 is 11.8 Å². The number of rotatable bonds is 7. The van der Waals surface area contributed by atoms with Gasteiger partial charge in [-0.1, -0.05) is 6.07 Å². The summed E-state index contributed by atoms with van der Waals surface area (Å²) in [5.41, 5.74) is 3.15. The van der Waals surface area contributed by atoms with Crippen molar-refractivity contribution in [1.82, 2.24) is 10.2 Å². The molecule has 0 aliphatic carbocycles. The number of aryl methyl sites for hydroxylation is 1. The molecule has 142 valence electrons. The maximum absolute atomic E-state index is 9.14. The van der Waals surface area contributed by atoms with Crippen LogP contribution in [0, 0.1) is 18.3 Å². The second kappa shape index (κ2) is 9.80. The third kappa shape index (κ3) is 6.00. The summed E-state index contributed by atoms with van der Waals surface area (Å²) >= 11 is 1.74. The first-order valence-electron chi connectivity index (χ1n) is 9.39. The molecule has 0 saturated carbocycles. The molecule has 1 saturated heterocycles. The highest BCUT2D eigenvalue weighted by Crippen LogP contribution is 2.19. The Morgan fingerprint density at radius 1 is 1.26 bits per heavy atom. The van der Waals surface area contributed by atoms with Gasteiger partial charge in [0.15, 0.2) is 0 Å². The smallest absolute Gasteiger partial charge is 0.119 e. The van der Waals surface area contributed by atoms with Gasteiger partial charge in [-0.05, 0) is 67.1 Å². The number of piperazine rings is 1. The Bertz CT molecular complexity index is 785. The molecular formula is C22H27N3OS. The van der Waals surface area contributed by atoms with Crippen LogP contribution in [0.1, 0.15) is 16.7 Å². The third-order valence-corrected chi connectivity index (χ3v) is 5.58. The van der Waals surface area contributed by atoms with E-state index in [1.807, 2.05) is 31.2 Å². The van der Waals surface area contributed by atoms with Crippen LogP contribution in [-0.4, -0.2) is 50.0 Å². The first-order chi connectivity index (χ1) is 13.2. The summed E-state index contributed by atoms with van der Waals surface area (Å²) < 4.78 is 5.97. The molecule has 4 nitrogen and oxygen atoms in total. The van der Waals surface area contributed by atoms with Gasteiger partial charge in [-0.15, -0.1) is 11.8 Å². The molecule has 0 spiro atoms. The minimum Gasteiger partial charge on any atom is -0.492 e. The third-order valence-electron chi connectivity index (χ3n) is 4.83. The molecule has 5 heteroatoms. The molecule has 1 N–H and O–H groups in total. The van der Waals surface area contributed by atoms with Gasteiger partial charge in [-0.25, -0.2) is 0 Å². The van der Waals surface area contributed by atoms with Crippen LogP contribution in [0.5, 0.6) is 5.75 Å². The lowest BCUT2D eigenvalue weighted by molar-refractivity contribution is 0.159. The topological polar surface area (TPSA) is 48.3 Å². The first-order valence-corrected chi connectivity index (χ1v) is 10.6. The van der Waals surface area contributed by atoms with E-state index in [0.29, 0.717) is 12.6 Å². The second-order valence-electron chi connectivity index (χ2n) is 7.01. The van der Waals surface area contributed by atoms with E-state index in [0.717, 1.165) is 49.5 Å². The zero-order valence-corrected chi connectivity index (χ0v) is 16.9. The fourth-order valence-corrected chi connectivity index (χ4v) is 3.84.